The van der Waals surface area contributed by atoms with Crippen LogP contribution in [0.15, 0.2) is 39.7 Å². The van der Waals surface area contributed by atoms with E-state index in [4.69, 9.17) is 4.74 Å². The molecule has 2 rings (SSSR count). The topological polar surface area (TPSA) is 52.1 Å². The number of carbonyl (C=O) groups is 1. The summed E-state index contributed by atoms with van der Waals surface area (Å²) in [6.45, 7) is 3.84. The van der Waals surface area contributed by atoms with E-state index in [9.17, 15) is 4.79 Å². The molecule has 0 spiro atoms. The Hall–Kier alpha value is -1.27. The number of ether oxygens (including phenoxy) is 1. The fourth-order valence-electron chi connectivity index (χ4n) is 1.60. The second-order valence-electron chi connectivity index (χ2n) is 4.39. The van der Waals surface area contributed by atoms with Crippen LogP contribution in [0.4, 0.5) is 0 Å². The monoisotopic (exact) mass is 398 g/mol. The smallest absolute Gasteiger partial charge is 0.214 e. The Labute approximate surface area is 133 Å². The molecule has 0 unspecified atom stereocenters. The van der Waals surface area contributed by atoms with Crippen molar-refractivity contribution in [2.24, 2.45) is 0 Å². The number of nitrogens with zero attached hydrogens (tertiary/aromatic N) is 2. The van der Waals surface area contributed by atoms with Crippen LogP contribution in [0.5, 0.6) is 5.75 Å². The molecule has 0 aliphatic carbocycles. The summed E-state index contributed by atoms with van der Waals surface area (Å²) in [5.41, 5.74) is 0.787. The standard InChI is InChI=1S/C14H12Br2N2O2/c1-8(2)20-11-3-9(5-17-7-11)14(19)13-12(16)4-10(15)6-18-13/h3-8H,1-2H3. The maximum absolute atomic E-state index is 12.4. The number of halogens is 2. The minimum Gasteiger partial charge on any atom is -0.489 e. The van der Waals surface area contributed by atoms with Gasteiger partial charge in [-0.05, 0) is 57.8 Å². The van der Waals surface area contributed by atoms with Gasteiger partial charge in [-0.1, -0.05) is 0 Å². The zero-order valence-electron chi connectivity index (χ0n) is 10.9. The average Bonchev–Trinajstić information content (AvgIpc) is 2.37. The molecule has 20 heavy (non-hydrogen) atoms. The predicted octanol–water partition coefficient (Wildman–Crippen LogP) is 4.02. The molecule has 0 aliphatic heterocycles. The number of hydrogen-bond donors (Lipinski definition) is 0. The Bertz CT molecular complexity index is 645. The summed E-state index contributed by atoms with van der Waals surface area (Å²) in [7, 11) is 0. The molecule has 0 saturated heterocycles. The molecule has 2 heterocycles. The molecule has 4 nitrogen and oxygen atoms in total. The lowest BCUT2D eigenvalue weighted by atomic mass is 10.1. The molecule has 6 heteroatoms. The molecular formula is C14H12Br2N2O2. The predicted molar refractivity (Wildman–Crippen MR) is 83.1 cm³/mol. The lowest BCUT2D eigenvalue weighted by Gasteiger charge is -2.10. The van der Waals surface area contributed by atoms with Crippen molar-refractivity contribution in [3.63, 3.8) is 0 Å². The van der Waals surface area contributed by atoms with Gasteiger partial charge >= 0.3 is 0 Å². The maximum atomic E-state index is 12.4. The first-order valence-corrected chi connectivity index (χ1v) is 7.53. The van der Waals surface area contributed by atoms with E-state index in [1.54, 1.807) is 24.5 Å². The van der Waals surface area contributed by atoms with Crippen molar-refractivity contribution >= 4 is 37.6 Å². The highest BCUT2D eigenvalue weighted by Crippen LogP contribution is 2.23. The number of ketones is 1. The minimum absolute atomic E-state index is 0.0275. The average molecular weight is 400 g/mol. The third kappa shape index (κ3) is 3.64. The number of carbonyl (C=O) groups excluding carboxylic acids is 1. The maximum Gasteiger partial charge on any atom is 0.214 e. The van der Waals surface area contributed by atoms with Crippen molar-refractivity contribution in [3.05, 3.63) is 50.9 Å². The molecule has 0 saturated carbocycles. The van der Waals surface area contributed by atoms with Crippen LogP contribution in [-0.2, 0) is 0 Å². The summed E-state index contributed by atoms with van der Waals surface area (Å²) in [5.74, 6) is 0.366. The van der Waals surface area contributed by atoms with E-state index in [0.717, 1.165) is 4.47 Å². The highest BCUT2D eigenvalue weighted by atomic mass is 79.9. The van der Waals surface area contributed by atoms with Crippen molar-refractivity contribution in [2.75, 3.05) is 0 Å². The van der Waals surface area contributed by atoms with E-state index >= 15 is 0 Å². The number of pyridine rings is 2. The van der Waals surface area contributed by atoms with Crippen LogP contribution in [0.3, 0.4) is 0 Å². The van der Waals surface area contributed by atoms with E-state index < -0.39 is 0 Å². The normalized spacial score (nSPS) is 10.7. The van der Waals surface area contributed by atoms with Crippen LogP contribution in [0.1, 0.15) is 29.9 Å². The van der Waals surface area contributed by atoms with Gasteiger partial charge in [0.15, 0.2) is 0 Å². The summed E-state index contributed by atoms with van der Waals surface area (Å²) < 4.78 is 6.97. The SMILES string of the molecule is CC(C)Oc1cncc(C(=O)c2ncc(Br)cc2Br)c1. The van der Waals surface area contributed by atoms with Gasteiger partial charge in [-0.3, -0.25) is 14.8 Å². The van der Waals surface area contributed by atoms with E-state index in [1.807, 2.05) is 13.8 Å². The summed E-state index contributed by atoms with van der Waals surface area (Å²) >= 11 is 6.64. The quantitative estimate of drug-likeness (QED) is 0.728. The van der Waals surface area contributed by atoms with Crippen LogP contribution < -0.4 is 4.74 Å². The zero-order chi connectivity index (χ0) is 14.7. The molecule has 0 aliphatic rings. The summed E-state index contributed by atoms with van der Waals surface area (Å²) in [6.07, 6.45) is 4.70. The molecule has 104 valence electrons. The molecule has 0 atom stereocenters. The van der Waals surface area contributed by atoms with Crippen molar-refractivity contribution < 1.29 is 9.53 Å². The molecule has 0 radical (unpaired) electrons. The van der Waals surface area contributed by atoms with E-state index in [2.05, 4.69) is 41.8 Å². The number of rotatable bonds is 4. The summed E-state index contributed by atoms with van der Waals surface area (Å²) in [4.78, 5) is 20.6. The first kappa shape index (κ1) is 15.1. The minimum atomic E-state index is -0.203. The molecular weight excluding hydrogens is 388 g/mol. The highest BCUT2D eigenvalue weighted by Gasteiger charge is 2.16. The second-order valence-corrected chi connectivity index (χ2v) is 6.16. The molecule has 0 N–H and O–H groups in total. The zero-order valence-corrected chi connectivity index (χ0v) is 14.1. The van der Waals surface area contributed by atoms with Crippen LogP contribution >= 0.6 is 31.9 Å². The Morgan fingerprint density at radius 3 is 2.60 bits per heavy atom. The first-order valence-electron chi connectivity index (χ1n) is 5.95. The molecule has 0 fully saturated rings. The van der Waals surface area contributed by atoms with Gasteiger partial charge in [0.1, 0.15) is 11.4 Å². The van der Waals surface area contributed by atoms with Crippen LogP contribution in [0, 0.1) is 0 Å². The van der Waals surface area contributed by atoms with Crippen molar-refractivity contribution in [1.82, 2.24) is 9.97 Å². The molecule has 0 bridgehead atoms. The number of hydrogen-bond acceptors (Lipinski definition) is 4. The number of aromatic nitrogens is 2. The lowest BCUT2D eigenvalue weighted by molar-refractivity contribution is 0.103. The van der Waals surface area contributed by atoms with Crippen molar-refractivity contribution in [2.45, 2.75) is 20.0 Å². The Balaban J connectivity index is 2.33. The third-order valence-electron chi connectivity index (χ3n) is 2.37. The van der Waals surface area contributed by atoms with Crippen molar-refractivity contribution in [1.29, 1.82) is 0 Å². The molecule has 0 aromatic carbocycles. The van der Waals surface area contributed by atoms with Gasteiger partial charge < -0.3 is 4.74 Å². The van der Waals surface area contributed by atoms with Crippen LogP contribution in [0.25, 0.3) is 0 Å². The first-order chi connectivity index (χ1) is 9.47. The molecule has 0 amide bonds. The molecule has 2 aromatic rings. The van der Waals surface area contributed by atoms with Gasteiger partial charge in [-0.15, -0.1) is 0 Å². The van der Waals surface area contributed by atoms with E-state index in [1.165, 1.54) is 6.20 Å². The summed E-state index contributed by atoms with van der Waals surface area (Å²) in [5, 5.41) is 0. The Kier molecular flexibility index (Phi) is 4.88. The van der Waals surface area contributed by atoms with Gasteiger partial charge in [0.2, 0.25) is 5.78 Å². The summed E-state index contributed by atoms with van der Waals surface area (Å²) in [6, 6.07) is 3.45. The van der Waals surface area contributed by atoms with Gasteiger partial charge in [-0.2, -0.15) is 0 Å². The highest BCUT2D eigenvalue weighted by molar-refractivity contribution is 9.11. The third-order valence-corrected chi connectivity index (χ3v) is 3.41. The largest absolute Gasteiger partial charge is 0.489 e. The molecule has 2 aromatic heterocycles. The van der Waals surface area contributed by atoms with E-state index in [-0.39, 0.29) is 11.9 Å². The van der Waals surface area contributed by atoms with Crippen LogP contribution in [0.2, 0.25) is 0 Å². The van der Waals surface area contributed by atoms with Gasteiger partial charge in [0.05, 0.1) is 12.3 Å². The second kappa shape index (κ2) is 6.45. The van der Waals surface area contributed by atoms with Crippen LogP contribution in [-0.4, -0.2) is 21.9 Å². The Morgan fingerprint density at radius 2 is 1.95 bits per heavy atom. The van der Waals surface area contributed by atoms with Crippen molar-refractivity contribution in [3.8, 4) is 5.75 Å². The van der Waals surface area contributed by atoms with E-state index in [0.29, 0.717) is 21.5 Å². The fourth-order valence-corrected chi connectivity index (χ4v) is 2.77. The van der Waals surface area contributed by atoms with Gasteiger partial charge in [0.25, 0.3) is 0 Å². The van der Waals surface area contributed by atoms with Gasteiger partial charge in [0, 0.05) is 26.9 Å². The fraction of sp³-hybridized carbons (Fsp3) is 0.214. The lowest BCUT2D eigenvalue weighted by Crippen LogP contribution is -2.09. The van der Waals surface area contributed by atoms with Gasteiger partial charge in [-0.25, -0.2) is 0 Å². The Morgan fingerprint density at radius 1 is 1.20 bits per heavy atom.